The molecule has 0 aliphatic heterocycles. The average molecular weight is 289 g/mol. The highest BCUT2D eigenvalue weighted by atomic mass is 16.3. The Kier molecular flexibility index (Phi) is 2.93. The zero-order valence-electron chi connectivity index (χ0n) is 11.9. The molecule has 108 valence electrons. The van der Waals surface area contributed by atoms with Crippen LogP contribution < -0.4 is 5.32 Å². The fraction of sp³-hybridized carbons (Fsp3) is 0.0556. The normalized spacial score (nSPS) is 11.1. The summed E-state index contributed by atoms with van der Waals surface area (Å²) in [6.07, 6.45) is 1.80. The molecular formula is C18H15N3O. The first kappa shape index (κ1) is 12.7. The Hall–Kier alpha value is -3.01. The van der Waals surface area contributed by atoms with E-state index in [0.717, 1.165) is 32.9 Å². The highest BCUT2D eigenvalue weighted by Gasteiger charge is 2.06. The summed E-state index contributed by atoms with van der Waals surface area (Å²) < 4.78 is 0. The van der Waals surface area contributed by atoms with Crippen molar-refractivity contribution in [1.29, 1.82) is 0 Å². The van der Waals surface area contributed by atoms with Crippen LogP contribution in [0.5, 0.6) is 5.75 Å². The summed E-state index contributed by atoms with van der Waals surface area (Å²) in [5, 5.41) is 23.7. The molecule has 1 aromatic heterocycles. The van der Waals surface area contributed by atoms with E-state index in [4.69, 9.17) is 0 Å². The predicted octanol–water partition coefficient (Wildman–Crippen LogP) is 4.03. The van der Waals surface area contributed by atoms with Gasteiger partial charge >= 0.3 is 0 Å². The van der Waals surface area contributed by atoms with Crippen LogP contribution in [-0.4, -0.2) is 15.3 Å². The Morgan fingerprint density at radius 2 is 1.91 bits per heavy atom. The number of fused-ring (bicyclic) bond motifs is 2. The van der Waals surface area contributed by atoms with Crippen LogP contribution in [0.25, 0.3) is 21.7 Å². The molecule has 22 heavy (non-hydrogen) atoms. The number of phenolic OH excluding ortho intramolecular Hbond substituents is 1. The standard InChI is InChI=1S/C18H15N3O/c22-18-13(6-5-12-3-1-2-4-16(12)18)10-19-15-7-8-17-14(9-15)11-20-21-17/h1-9,11,19,22H,10H2,(H,20,21). The summed E-state index contributed by atoms with van der Waals surface area (Å²) in [4.78, 5) is 0. The van der Waals surface area contributed by atoms with E-state index < -0.39 is 0 Å². The minimum Gasteiger partial charge on any atom is -0.507 e. The van der Waals surface area contributed by atoms with Crippen molar-refractivity contribution in [1.82, 2.24) is 10.2 Å². The van der Waals surface area contributed by atoms with Crippen LogP contribution in [-0.2, 0) is 6.54 Å². The third kappa shape index (κ3) is 2.15. The zero-order valence-corrected chi connectivity index (χ0v) is 11.9. The fourth-order valence-corrected chi connectivity index (χ4v) is 2.69. The van der Waals surface area contributed by atoms with Crippen LogP contribution in [0.3, 0.4) is 0 Å². The third-order valence-electron chi connectivity index (χ3n) is 3.91. The smallest absolute Gasteiger partial charge is 0.128 e. The summed E-state index contributed by atoms with van der Waals surface area (Å²) in [6, 6.07) is 17.9. The number of rotatable bonds is 3. The maximum atomic E-state index is 10.4. The Labute approximate surface area is 127 Å². The van der Waals surface area contributed by atoms with E-state index in [1.54, 1.807) is 6.20 Å². The minimum absolute atomic E-state index is 0.343. The van der Waals surface area contributed by atoms with Crippen LogP contribution in [0.15, 0.2) is 60.8 Å². The van der Waals surface area contributed by atoms with E-state index in [-0.39, 0.29) is 0 Å². The number of anilines is 1. The second-order valence-electron chi connectivity index (χ2n) is 5.32. The van der Waals surface area contributed by atoms with E-state index in [1.807, 2.05) is 54.6 Å². The van der Waals surface area contributed by atoms with Crippen LogP contribution >= 0.6 is 0 Å². The van der Waals surface area contributed by atoms with Gasteiger partial charge in [0.25, 0.3) is 0 Å². The molecule has 4 nitrogen and oxygen atoms in total. The molecule has 0 radical (unpaired) electrons. The molecule has 0 aliphatic carbocycles. The zero-order chi connectivity index (χ0) is 14.9. The van der Waals surface area contributed by atoms with E-state index in [9.17, 15) is 5.11 Å². The molecule has 0 saturated carbocycles. The second-order valence-corrected chi connectivity index (χ2v) is 5.32. The van der Waals surface area contributed by atoms with Gasteiger partial charge < -0.3 is 10.4 Å². The third-order valence-corrected chi connectivity index (χ3v) is 3.91. The van der Waals surface area contributed by atoms with Crippen LogP contribution in [0.4, 0.5) is 5.69 Å². The van der Waals surface area contributed by atoms with E-state index in [2.05, 4.69) is 15.5 Å². The first-order chi connectivity index (χ1) is 10.8. The molecule has 0 saturated heterocycles. The van der Waals surface area contributed by atoms with Gasteiger partial charge in [-0.05, 0) is 23.6 Å². The minimum atomic E-state index is 0.343. The Morgan fingerprint density at radius 3 is 2.86 bits per heavy atom. The predicted molar refractivity (Wildman–Crippen MR) is 89.0 cm³/mol. The lowest BCUT2D eigenvalue weighted by Crippen LogP contribution is -1.99. The molecule has 3 aromatic carbocycles. The number of aromatic nitrogens is 2. The first-order valence-electron chi connectivity index (χ1n) is 7.18. The summed E-state index contributed by atoms with van der Waals surface area (Å²) in [5.74, 6) is 0.343. The molecule has 4 aromatic rings. The first-order valence-corrected chi connectivity index (χ1v) is 7.18. The Balaban J connectivity index is 1.61. The second kappa shape index (κ2) is 5.07. The number of hydrogen-bond acceptors (Lipinski definition) is 3. The lowest BCUT2D eigenvalue weighted by Gasteiger charge is -2.10. The van der Waals surface area contributed by atoms with Crippen molar-refractivity contribution < 1.29 is 5.11 Å². The number of aromatic amines is 1. The molecule has 4 heteroatoms. The van der Waals surface area contributed by atoms with E-state index >= 15 is 0 Å². The van der Waals surface area contributed by atoms with Crippen molar-refractivity contribution in [2.75, 3.05) is 5.32 Å². The van der Waals surface area contributed by atoms with Crippen LogP contribution in [0.2, 0.25) is 0 Å². The van der Waals surface area contributed by atoms with E-state index in [1.165, 1.54) is 0 Å². The molecule has 0 aliphatic rings. The van der Waals surface area contributed by atoms with Gasteiger partial charge in [0.1, 0.15) is 5.75 Å². The van der Waals surface area contributed by atoms with Gasteiger partial charge in [0.15, 0.2) is 0 Å². The van der Waals surface area contributed by atoms with Crippen LogP contribution in [0, 0.1) is 0 Å². The summed E-state index contributed by atoms with van der Waals surface area (Å²) >= 11 is 0. The van der Waals surface area contributed by atoms with Gasteiger partial charge in [-0.3, -0.25) is 5.10 Å². The molecule has 3 N–H and O–H groups in total. The van der Waals surface area contributed by atoms with Crippen molar-refractivity contribution in [3.63, 3.8) is 0 Å². The number of aromatic hydroxyl groups is 1. The number of benzene rings is 3. The molecule has 0 bridgehead atoms. The number of nitrogens with one attached hydrogen (secondary N) is 2. The fourth-order valence-electron chi connectivity index (χ4n) is 2.69. The molecular weight excluding hydrogens is 274 g/mol. The van der Waals surface area contributed by atoms with Crippen molar-refractivity contribution >= 4 is 27.4 Å². The number of nitrogens with zero attached hydrogens (tertiary/aromatic N) is 1. The van der Waals surface area contributed by atoms with E-state index in [0.29, 0.717) is 12.3 Å². The summed E-state index contributed by atoms with van der Waals surface area (Å²) in [5.41, 5.74) is 2.89. The highest BCUT2D eigenvalue weighted by molar-refractivity contribution is 5.89. The van der Waals surface area contributed by atoms with Crippen molar-refractivity contribution in [2.45, 2.75) is 6.54 Å². The lowest BCUT2D eigenvalue weighted by molar-refractivity contribution is 0.475. The average Bonchev–Trinajstić information content (AvgIpc) is 3.02. The molecule has 0 atom stereocenters. The quantitative estimate of drug-likeness (QED) is 0.533. The summed E-state index contributed by atoms with van der Waals surface area (Å²) in [6.45, 7) is 0.569. The largest absolute Gasteiger partial charge is 0.507 e. The lowest BCUT2D eigenvalue weighted by atomic mass is 10.1. The SMILES string of the molecule is Oc1c(CNc2ccc3[nH]ncc3c2)ccc2ccccc12. The monoisotopic (exact) mass is 289 g/mol. The molecule has 0 amide bonds. The number of phenols is 1. The van der Waals surface area contributed by atoms with Gasteiger partial charge in [0.05, 0.1) is 11.7 Å². The van der Waals surface area contributed by atoms with Gasteiger partial charge in [-0.2, -0.15) is 5.10 Å². The van der Waals surface area contributed by atoms with Crippen molar-refractivity contribution in [3.8, 4) is 5.75 Å². The molecule has 4 rings (SSSR count). The molecule has 0 spiro atoms. The maximum Gasteiger partial charge on any atom is 0.128 e. The highest BCUT2D eigenvalue weighted by Crippen LogP contribution is 2.29. The maximum absolute atomic E-state index is 10.4. The van der Waals surface area contributed by atoms with Gasteiger partial charge in [0.2, 0.25) is 0 Å². The van der Waals surface area contributed by atoms with Gasteiger partial charge in [0, 0.05) is 28.6 Å². The van der Waals surface area contributed by atoms with Gasteiger partial charge in [-0.1, -0.05) is 36.4 Å². The van der Waals surface area contributed by atoms with Crippen molar-refractivity contribution in [2.24, 2.45) is 0 Å². The van der Waals surface area contributed by atoms with Gasteiger partial charge in [-0.25, -0.2) is 0 Å². The Morgan fingerprint density at radius 1 is 1.00 bits per heavy atom. The molecule has 0 fully saturated rings. The number of H-pyrrole nitrogens is 1. The topological polar surface area (TPSA) is 60.9 Å². The molecule has 0 unspecified atom stereocenters. The van der Waals surface area contributed by atoms with Crippen molar-refractivity contribution in [3.05, 3.63) is 66.4 Å². The Bertz CT molecular complexity index is 959. The van der Waals surface area contributed by atoms with Gasteiger partial charge in [-0.15, -0.1) is 0 Å². The van der Waals surface area contributed by atoms with Crippen LogP contribution in [0.1, 0.15) is 5.56 Å². The molecule has 1 heterocycles. The number of hydrogen-bond donors (Lipinski definition) is 3. The summed E-state index contributed by atoms with van der Waals surface area (Å²) in [7, 11) is 0.